The summed E-state index contributed by atoms with van der Waals surface area (Å²) in [4.78, 5) is 13.1. The molecule has 2 saturated carbocycles. The van der Waals surface area contributed by atoms with Crippen LogP contribution in [0.15, 0.2) is 0 Å². The Balaban J connectivity index is 1.81. The van der Waals surface area contributed by atoms with Gasteiger partial charge in [0.15, 0.2) is 0 Å². The lowest BCUT2D eigenvalue weighted by Gasteiger charge is -2.41. The van der Waals surface area contributed by atoms with E-state index in [9.17, 15) is 4.79 Å². The Hall–Kier alpha value is -0.570. The van der Waals surface area contributed by atoms with E-state index in [-0.39, 0.29) is 6.42 Å². The molecule has 0 radical (unpaired) electrons. The summed E-state index contributed by atoms with van der Waals surface area (Å²) in [5, 5.41) is 8.80. The van der Waals surface area contributed by atoms with Gasteiger partial charge in [0.2, 0.25) is 0 Å². The Morgan fingerprint density at radius 2 is 1.83 bits per heavy atom. The van der Waals surface area contributed by atoms with Crippen LogP contribution in [0.1, 0.15) is 64.7 Å². The van der Waals surface area contributed by atoms with Crippen molar-refractivity contribution in [3.8, 4) is 0 Å². The van der Waals surface area contributed by atoms with Crippen LogP contribution in [0.4, 0.5) is 0 Å². The molecule has 0 unspecified atom stereocenters. The van der Waals surface area contributed by atoms with E-state index >= 15 is 0 Å². The second kappa shape index (κ2) is 6.05. The molecule has 0 heterocycles. The molecule has 0 atom stereocenters. The van der Waals surface area contributed by atoms with Crippen LogP contribution < -0.4 is 0 Å². The molecule has 104 valence electrons. The van der Waals surface area contributed by atoms with Crippen LogP contribution in [-0.4, -0.2) is 35.1 Å². The fourth-order valence-electron chi connectivity index (χ4n) is 4.04. The first-order valence-corrected chi connectivity index (χ1v) is 7.61. The van der Waals surface area contributed by atoms with E-state index in [0.717, 1.165) is 13.1 Å². The van der Waals surface area contributed by atoms with Gasteiger partial charge in [-0.15, -0.1) is 0 Å². The third kappa shape index (κ3) is 3.25. The van der Waals surface area contributed by atoms with E-state index in [2.05, 4.69) is 11.8 Å². The molecule has 3 heteroatoms. The molecule has 2 aliphatic rings. The average Bonchev–Trinajstić information content (AvgIpc) is 2.80. The second-order valence-corrected chi connectivity index (χ2v) is 6.21. The Kier molecular flexibility index (Phi) is 4.66. The minimum atomic E-state index is -0.670. The first-order valence-electron chi connectivity index (χ1n) is 7.61. The molecule has 18 heavy (non-hydrogen) atoms. The number of nitrogens with zero attached hydrogens (tertiary/aromatic N) is 1. The molecule has 2 aliphatic carbocycles. The van der Waals surface area contributed by atoms with Gasteiger partial charge >= 0.3 is 5.97 Å². The summed E-state index contributed by atoms with van der Waals surface area (Å²) < 4.78 is 0. The van der Waals surface area contributed by atoms with E-state index in [0.29, 0.717) is 11.5 Å². The van der Waals surface area contributed by atoms with Crippen molar-refractivity contribution in [3.05, 3.63) is 0 Å². The first kappa shape index (κ1) is 13.9. The SMILES string of the molecule is CCN(CCC(=O)O)C1CCC2(CCCC2)CC1. The molecular weight excluding hydrogens is 226 g/mol. The lowest BCUT2D eigenvalue weighted by molar-refractivity contribution is -0.137. The van der Waals surface area contributed by atoms with Gasteiger partial charge in [-0.25, -0.2) is 0 Å². The highest BCUT2D eigenvalue weighted by Gasteiger charge is 2.38. The molecule has 0 bridgehead atoms. The summed E-state index contributed by atoms with van der Waals surface area (Å²) in [6.07, 6.45) is 11.4. The van der Waals surface area contributed by atoms with Gasteiger partial charge < -0.3 is 10.0 Å². The van der Waals surface area contributed by atoms with Gasteiger partial charge in [0.1, 0.15) is 0 Å². The number of aliphatic carboxylic acids is 1. The van der Waals surface area contributed by atoms with Crippen LogP contribution in [0.25, 0.3) is 0 Å². The van der Waals surface area contributed by atoms with Crippen molar-refractivity contribution in [2.24, 2.45) is 5.41 Å². The van der Waals surface area contributed by atoms with Crippen LogP contribution in [0, 0.1) is 5.41 Å². The number of carboxylic acids is 1. The highest BCUT2D eigenvalue weighted by molar-refractivity contribution is 5.66. The van der Waals surface area contributed by atoms with Gasteiger partial charge in [-0.3, -0.25) is 4.79 Å². The zero-order chi connectivity index (χ0) is 13.0. The fourth-order valence-corrected chi connectivity index (χ4v) is 4.04. The molecule has 0 saturated heterocycles. The lowest BCUT2D eigenvalue weighted by Crippen LogP contribution is -2.41. The Morgan fingerprint density at radius 3 is 2.33 bits per heavy atom. The monoisotopic (exact) mass is 253 g/mol. The van der Waals surface area contributed by atoms with Crippen LogP contribution in [0.3, 0.4) is 0 Å². The summed E-state index contributed by atoms with van der Waals surface area (Å²) in [6, 6.07) is 0.639. The first-order chi connectivity index (χ1) is 8.65. The molecule has 0 aromatic heterocycles. The zero-order valence-electron chi connectivity index (χ0n) is 11.7. The molecule has 1 spiro atoms. The van der Waals surface area contributed by atoms with Crippen molar-refractivity contribution in [1.29, 1.82) is 0 Å². The van der Waals surface area contributed by atoms with Gasteiger partial charge in [-0.05, 0) is 50.5 Å². The van der Waals surface area contributed by atoms with Crippen molar-refractivity contribution >= 4 is 5.97 Å². The number of rotatable bonds is 5. The zero-order valence-corrected chi connectivity index (χ0v) is 11.7. The molecule has 0 aliphatic heterocycles. The molecule has 1 N–H and O–H groups in total. The average molecular weight is 253 g/mol. The molecule has 2 fully saturated rings. The third-order valence-corrected chi connectivity index (χ3v) is 5.22. The number of hydrogen-bond acceptors (Lipinski definition) is 2. The van der Waals surface area contributed by atoms with E-state index in [4.69, 9.17) is 5.11 Å². The normalized spacial score (nSPS) is 23.9. The van der Waals surface area contributed by atoms with Gasteiger partial charge in [-0.2, -0.15) is 0 Å². The highest BCUT2D eigenvalue weighted by Crippen LogP contribution is 2.49. The predicted octanol–water partition coefficient (Wildman–Crippen LogP) is 3.29. The topological polar surface area (TPSA) is 40.5 Å². The minimum absolute atomic E-state index is 0.287. The van der Waals surface area contributed by atoms with Crippen LogP contribution in [-0.2, 0) is 4.79 Å². The predicted molar refractivity (Wildman–Crippen MR) is 72.7 cm³/mol. The van der Waals surface area contributed by atoms with Crippen molar-refractivity contribution in [3.63, 3.8) is 0 Å². The standard InChI is InChI=1S/C15H27NO2/c1-2-16(12-7-14(17)18)13-5-10-15(11-6-13)8-3-4-9-15/h13H,2-12H2,1H3,(H,17,18). The maximum atomic E-state index is 10.7. The van der Waals surface area contributed by atoms with Crippen LogP contribution >= 0.6 is 0 Å². The van der Waals surface area contributed by atoms with Crippen molar-refractivity contribution in [1.82, 2.24) is 4.90 Å². The summed E-state index contributed by atoms with van der Waals surface area (Å²) in [6.45, 7) is 3.87. The van der Waals surface area contributed by atoms with Crippen LogP contribution in [0.5, 0.6) is 0 Å². The molecular formula is C15H27NO2. The summed E-state index contributed by atoms with van der Waals surface area (Å²) >= 11 is 0. The molecule has 2 rings (SSSR count). The number of carbonyl (C=O) groups is 1. The lowest BCUT2D eigenvalue weighted by atomic mass is 9.71. The van der Waals surface area contributed by atoms with Gasteiger partial charge in [0.25, 0.3) is 0 Å². The Labute approximate surface area is 111 Å². The van der Waals surface area contributed by atoms with Gasteiger partial charge in [0.05, 0.1) is 6.42 Å². The van der Waals surface area contributed by atoms with E-state index in [1.54, 1.807) is 0 Å². The number of hydrogen-bond donors (Lipinski definition) is 1. The van der Waals surface area contributed by atoms with Gasteiger partial charge in [-0.1, -0.05) is 19.8 Å². The molecule has 3 nitrogen and oxygen atoms in total. The maximum Gasteiger partial charge on any atom is 0.304 e. The summed E-state index contributed by atoms with van der Waals surface area (Å²) in [5.41, 5.74) is 0.683. The minimum Gasteiger partial charge on any atom is -0.481 e. The fraction of sp³-hybridized carbons (Fsp3) is 0.933. The second-order valence-electron chi connectivity index (χ2n) is 6.21. The molecule has 0 aromatic carbocycles. The Bertz CT molecular complexity index is 274. The molecule has 0 aromatic rings. The molecule has 0 amide bonds. The Morgan fingerprint density at radius 1 is 1.22 bits per heavy atom. The summed E-state index contributed by atoms with van der Waals surface area (Å²) in [5.74, 6) is -0.670. The third-order valence-electron chi connectivity index (χ3n) is 5.22. The van der Waals surface area contributed by atoms with Crippen molar-refractivity contribution in [2.45, 2.75) is 70.8 Å². The van der Waals surface area contributed by atoms with Crippen LogP contribution in [0.2, 0.25) is 0 Å². The van der Waals surface area contributed by atoms with Crippen molar-refractivity contribution in [2.75, 3.05) is 13.1 Å². The van der Waals surface area contributed by atoms with E-state index in [1.807, 2.05) is 0 Å². The smallest absolute Gasteiger partial charge is 0.304 e. The largest absolute Gasteiger partial charge is 0.481 e. The quantitative estimate of drug-likeness (QED) is 0.817. The van der Waals surface area contributed by atoms with E-state index < -0.39 is 5.97 Å². The van der Waals surface area contributed by atoms with Crippen molar-refractivity contribution < 1.29 is 9.90 Å². The van der Waals surface area contributed by atoms with E-state index in [1.165, 1.54) is 51.4 Å². The highest BCUT2D eigenvalue weighted by atomic mass is 16.4. The maximum absolute atomic E-state index is 10.7. The summed E-state index contributed by atoms with van der Waals surface area (Å²) in [7, 11) is 0. The van der Waals surface area contributed by atoms with Gasteiger partial charge in [0, 0.05) is 12.6 Å². The number of carboxylic acid groups (broad SMARTS) is 1.